The number of carbonyl (C=O) groups is 3. The number of carbonyl (C=O) groups excluding carboxylic acids is 3. The fourth-order valence-electron chi connectivity index (χ4n) is 4.23. The Morgan fingerprint density at radius 1 is 1.20 bits per heavy atom. The van der Waals surface area contributed by atoms with Crippen molar-refractivity contribution in [3.63, 3.8) is 0 Å². The Labute approximate surface area is 228 Å². The predicted molar refractivity (Wildman–Crippen MR) is 131 cm³/mol. The summed E-state index contributed by atoms with van der Waals surface area (Å²) in [5, 5.41) is 4.18. The van der Waals surface area contributed by atoms with Crippen molar-refractivity contribution >= 4 is 35.4 Å². The molecule has 2 aliphatic heterocycles. The molecule has 4 rings (SSSR count). The van der Waals surface area contributed by atoms with Crippen molar-refractivity contribution in [2.24, 2.45) is 7.05 Å². The minimum absolute atomic E-state index is 0.0453. The Hall–Kier alpha value is -3.40. The summed E-state index contributed by atoms with van der Waals surface area (Å²) in [6, 6.07) is 2.80. The number of rotatable bonds is 4. The van der Waals surface area contributed by atoms with Gasteiger partial charge >= 0.3 is 18.0 Å². The molecule has 3 amide bonds. The number of benzene rings is 1. The number of nitrogens with one attached hydrogen (secondary N) is 3. The Morgan fingerprint density at radius 3 is 2.55 bits per heavy atom. The van der Waals surface area contributed by atoms with Gasteiger partial charge in [0.15, 0.2) is 11.4 Å². The van der Waals surface area contributed by atoms with Crippen LogP contribution in [0.25, 0.3) is 0 Å². The van der Waals surface area contributed by atoms with E-state index in [0.717, 1.165) is 48.9 Å². The van der Waals surface area contributed by atoms with Gasteiger partial charge in [0.2, 0.25) is 0 Å². The predicted octanol–water partition coefficient (Wildman–Crippen LogP) is 3.77. The number of fused-ring (bicyclic) bond motifs is 1. The third-order valence-corrected chi connectivity index (χ3v) is 7.69. The standard InChI is InChI=1S/C24H25F6N5O4S/c1-22(2,24(28,29)30)32-20(37)21(38)35-7-6-23(10-35)11-39-17-15(40-33-23)9-34(3)16(17)19(36)31-12-4-5-14(25)13(8-12)18(26)27/h4-5,8-9,18,33H,6-7,10-11H2,1-3H3,(H,31,36)(H,32,37)/t23-/m0/s1. The highest BCUT2D eigenvalue weighted by molar-refractivity contribution is 7.97. The lowest BCUT2D eigenvalue weighted by atomic mass is 10.0. The molecule has 1 saturated heterocycles. The van der Waals surface area contributed by atoms with Crippen LogP contribution in [0.2, 0.25) is 0 Å². The van der Waals surface area contributed by atoms with Crippen LogP contribution in [-0.4, -0.2) is 64.1 Å². The summed E-state index contributed by atoms with van der Waals surface area (Å²) >= 11 is 1.10. The van der Waals surface area contributed by atoms with Crippen LogP contribution >= 0.6 is 11.9 Å². The number of halogens is 6. The second-order valence-electron chi connectivity index (χ2n) is 10.1. The third kappa shape index (κ3) is 5.73. The van der Waals surface area contributed by atoms with Crippen molar-refractivity contribution < 1.29 is 45.5 Å². The monoisotopic (exact) mass is 593 g/mol. The summed E-state index contributed by atoms with van der Waals surface area (Å²) in [5.41, 5.74) is -4.36. The molecule has 1 spiro atoms. The third-order valence-electron chi connectivity index (χ3n) is 6.65. The number of aryl methyl sites for hydroxylation is 1. The van der Waals surface area contributed by atoms with Crippen LogP contribution in [0.1, 0.15) is 42.7 Å². The quantitative estimate of drug-likeness (QED) is 0.283. The molecule has 2 aliphatic rings. The summed E-state index contributed by atoms with van der Waals surface area (Å²) in [6.07, 6.45) is -5.96. The highest BCUT2D eigenvalue weighted by Crippen LogP contribution is 2.40. The minimum atomic E-state index is -4.76. The first kappa shape index (κ1) is 29.6. The van der Waals surface area contributed by atoms with E-state index in [4.69, 9.17) is 4.74 Å². The summed E-state index contributed by atoms with van der Waals surface area (Å²) in [7, 11) is 1.56. The van der Waals surface area contributed by atoms with Gasteiger partial charge in [-0.2, -0.15) is 13.2 Å². The molecule has 0 bridgehead atoms. The lowest BCUT2D eigenvalue weighted by Crippen LogP contribution is -2.58. The van der Waals surface area contributed by atoms with E-state index in [1.807, 2.05) is 0 Å². The first-order chi connectivity index (χ1) is 18.5. The van der Waals surface area contributed by atoms with E-state index in [0.29, 0.717) is 11.3 Å². The van der Waals surface area contributed by atoms with Gasteiger partial charge in [-0.25, -0.2) is 17.9 Å². The first-order valence-electron chi connectivity index (χ1n) is 11.9. The number of hydrogen-bond donors (Lipinski definition) is 3. The van der Waals surface area contributed by atoms with Gasteiger partial charge in [0, 0.05) is 32.0 Å². The Bertz CT molecular complexity index is 1350. The average Bonchev–Trinajstić information content (AvgIpc) is 3.36. The Morgan fingerprint density at radius 2 is 1.90 bits per heavy atom. The zero-order valence-corrected chi connectivity index (χ0v) is 22.2. The van der Waals surface area contributed by atoms with Crippen LogP contribution in [0, 0.1) is 5.82 Å². The van der Waals surface area contributed by atoms with Crippen LogP contribution in [0.5, 0.6) is 5.75 Å². The van der Waals surface area contributed by atoms with E-state index in [1.165, 1.54) is 4.57 Å². The maximum absolute atomic E-state index is 13.6. The molecule has 2 aromatic rings. The highest BCUT2D eigenvalue weighted by Gasteiger charge is 2.50. The van der Waals surface area contributed by atoms with Crippen LogP contribution in [-0.2, 0) is 16.6 Å². The molecule has 1 atom stereocenters. The molecular weight excluding hydrogens is 568 g/mol. The summed E-state index contributed by atoms with van der Waals surface area (Å²) < 4.78 is 89.7. The smallest absolute Gasteiger partial charge is 0.410 e. The van der Waals surface area contributed by atoms with Gasteiger partial charge in [-0.3, -0.25) is 14.4 Å². The molecule has 0 radical (unpaired) electrons. The van der Waals surface area contributed by atoms with E-state index in [2.05, 4.69) is 10.0 Å². The molecule has 218 valence electrons. The topological polar surface area (TPSA) is 105 Å². The number of likely N-dealkylation sites (tertiary alicyclic amines) is 1. The largest absolute Gasteiger partial charge is 0.488 e. The van der Waals surface area contributed by atoms with Gasteiger partial charge < -0.3 is 24.8 Å². The summed E-state index contributed by atoms with van der Waals surface area (Å²) in [5.74, 6) is -4.16. The van der Waals surface area contributed by atoms with E-state index >= 15 is 0 Å². The first-order valence-corrected chi connectivity index (χ1v) is 12.7. The van der Waals surface area contributed by atoms with Gasteiger partial charge in [-0.05, 0) is 50.4 Å². The number of anilines is 1. The number of nitrogens with zero attached hydrogens (tertiary/aromatic N) is 2. The minimum Gasteiger partial charge on any atom is -0.488 e. The molecule has 40 heavy (non-hydrogen) atoms. The van der Waals surface area contributed by atoms with Crippen molar-refractivity contribution in [3.05, 3.63) is 41.5 Å². The maximum atomic E-state index is 13.6. The van der Waals surface area contributed by atoms with Gasteiger partial charge in [0.1, 0.15) is 18.0 Å². The van der Waals surface area contributed by atoms with Gasteiger partial charge in [-0.15, -0.1) is 0 Å². The second-order valence-corrected chi connectivity index (χ2v) is 10.9. The molecule has 0 unspecified atom stereocenters. The Balaban J connectivity index is 1.45. The molecular formula is C24H25F6N5O4S. The van der Waals surface area contributed by atoms with E-state index < -0.39 is 52.8 Å². The molecule has 1 fully saturated rings. The van der Waals surface area contributed by atoms with Crippen LogP contribution in [0.3, 0.4) is 0 Å². The van der Waals surface area contributed by atoms with Crippen molar-refractivity contribution in [2.45, 2.75) is 48.8 Å². The molecule has 0 aliphatic carbocycles. The fourth-order valence-corrected chi connectivity index (χ4v) is 5.24. The van der Waals surface area contributed by atoms with E-state index in [1.54, 1.807) is 18.6 Å². The molecule has 1 aromatic heterocycles. The number of ether oxygens (including phenoxy) is 1. The van der Waals surface area contributed by atoms with Crippen LogP contribution < -0.4 is 20.1 Å². The van der Waals surface area contributed by atoms with Crippen molar-refractivity contribution in [1.82, 2.24) is 19.5 Å². The number of aromatic nitrogens is 1. The molecule has 3 N–H and O–H groups in total. The SMILES string of the molecule is Cn1cc2c(c1C(=O)Nc1ccc(F)c(C(F)F)c1)OC[C@@]1(CCN(C(=O)C(=O)NC(C)(C)C(F)(F)F)C1)NS2. The average molecular weight is 594 g/mol. The van der Waals surface area contributed by atoms with E-state index in [9.17, 15) is 40.7 Å². The molecule has 0 saturated carbocycles. The van der Waals surface area contributed by atoms with Gasteiger partial charge in [-0.1, -0.05) is 0 Å². The van der Waals surface area contributed by atoms with Crippen molar-refractivity contribution in [3.8, 4) is 5.75 Å². The number of alkyl halides is 5. The zero-order valence-electron chi connectivity index (χ0n) is 21.4. The lowest BCUT2D eigenvalue weighted by Gasteiger charge is -2.30. The highest BCUT2D eigenvalue weighted by atomic mass is 32.2. The number of hydrogen-bond acceptors (Lipinski definition) is 6. The van der Waals surface area contributed by atoms with Crippen LogP contribution in [0.4, 0.5) is 32.0 Å². The molecule has 3 heterocycles. The summed E-state index contributed by atoms with van der Waals surface area (Å²) in [6.45, 7) is 1.45. The Kier molecular flexibility index (Phi) is 7.79. The lowest BCUT2D eigenvalue weighted by molar-refractivity contribution is -0.189. The van der Waals surface area contributed by atoms with Crippen molar-refractivity contribution in [1.29, 1.82) is 0 Å². The van der Waals surface area contributed by atoms with Gasteiger partial charge in [0.05, 0.1) is 16.0 Å². The summed E-state index contributed by atoms with van der Waals surface area (Å²) in [4.78, 5) is 39.6. The maximum Gasteiger partial charge on any atom is 0.410 e. The fraction of sp³-hybridized carbons (Fsp3) is 0.458. The zero-order chi connectivity index (χ0) is 29.6. The molecule has 1 aromatic carbocycles. The second kappa shape index (κ2) is 10.5. The molecule has 16 heteroatoms. The van der Waals surface area contributed by atoms with Gasteiger partial charge in [0.25, 0.3) is 12.3 Å². The number of amides is 3. The van der Waals surface area contributed by atoms with E-state index in [-0.39, 0.29) is 36.8 Å². The van der Waals surface area contributed by atoms with Crippen molar-refractivity contribution in [2.75, 3.05) is 25.0 Å². The normalized spacial score (nSPS) is 19.3. The molecule has 9 nitrogen and oxygen atoms in total. The van der Waals surface area contributed by atoms with Crippen LogP contribution in [0.15, 0.2) is 29.3 Å².